The minimum atomic E-state index is 0.241. The van der Waals surface area contributed by atoms with Gasteiger partial charge in [-0.15, -0.1) is 0 Å². The molecular formula is C14H26N2O2. The van der Waals surface area contributed by atoms with Crippen molar-refractivity contribution in [2.45, 2.75) is 33.1 Å². The molecule has 1 heterocycles. The summed E-state index contributed by atoms with van der Waals surface area (Å²) < 4.78 is 5.46. The topological polar surface area (TPSA) is 50.4 Å². The van der Waals surface area contributed by atoms with Crippen molar-refractivity contribution < 1.29 is 9.53 Å². The fraction of sp³-hybridized carbons (Fsp3) is 0.929. The minimum Gasteiger partial charge on any atom is -0.379 e. The third-order valence-electron chi connectivity index (χ3n) is 4.10. The summed E-state index contributed by atoms with van der Waals surface area (Å²) in [5, 5.41) is 6.36. The Kier molecular flexibility index (Phi) is 4.62. The molecule has 2 fully saturated rings. The quantitative estimate of drug-likeness (QED) is 0.700. The summed E-state index contributed by atoms with van der Waals surface area (Å²) in [6, 6.07) is 0. The number of amides is 1. The number of carbonyl (C=O) groups excluding carboxylic acids is 1. The molecule has 1 saturated heterocycles. The van der Waals surface area contributed by atoms with Gasteiger partial charge in [0.1, 0.15) is 0 Å². The number of carbonyl (C=O) groups is 1. The summed E-state index contributed by atoms with van der Waals surface area (Å²) >= 11 is 0. The number of piperidine rings is 1. The van der Waals surface area contributed by atoms with E-state index in [1.54, 1.807) is 0 Å². The Morgan fingerprint density at radius 3 is 2.83 bits per heavy atom. The van der Waals surface area contributed by atoms with Crippen LogP contribution in [-0.4, -0.2) is 38.8 Å². The van der Waals surface area contributed by atoms with Crippen molar-refractivity contribution in [2.24, 2.45) is 17.3 Å². The standard InChI is InChI=1S/C14H26N2O2/c1-11(2)10-18-8-7-16-13(17)12-9-14(12)3-5-15-6-4-14/h11-12,15H,3-10H2,1-2H3,(H,16,17). The lowest BCUT2D eigenvalue weighted by atomic mass is 9.92. The second kappa shape index (κ2) is 6.02. The zero-order valence-corrected chi connectivity index (χ0v) is 11.6. The van der Waals surface area contributed by atoms with Crippen molar-refractivity contribution >= 4 is 5.91 Å². The van der Waals surface area contributed by atoms with Crippen molar-refractivity contribution in [2.75, 3.05) is 32.8 Å². The van der Waals surface area contributed by atoms with E-state index >= 15 is 0 Å². The van der Waals surface area contributed by atoms with Crippen LogP contribution in [0.5, 0.6) is 0 Å². The highest BCUT2D eigenvalue weighted by molar-refractivity contribution is 5.82. The highest BCUT2D eigenvalue weighted by atomic mass is 16.5. The number of rotatable bonds is 6. The summed E-state index contributed by atoms with van der Waals surface area (Å²) in [6.45, 7) is 8.45. The van der Waals surface area contributed by atoms with Crippen molar-refractivity contribution in [1.29, 1.82) is 0 Å². The maximum atomic E-state index is 12.0. The van der Waals surface area contributed by atoms with E-state index in [0.717, 1.165) is 39.0 Å². The van der Waals surface area contributed by atoms with Crippen LogP contribution in [0.4, 0.5) is 0 Å². The van der Waals surface area contributed by atoms with Gasteiger partial charge in [0.15, 0.2) is 0 Å². The van der Waals surface area contributed by atoms with Crippen LogP contribution in [0.3, 0.4) is 0 Å². The second-order valence-corrected chi connectivity index (χ2v) is 6.13. The number of nitrogens with one attached hydrogen (secondary N) is 2. The van der Waals surface area contributed by atoms with E-state index in [2.05, 4.69) is 24.5 Å². The van der Waals surface area contributed by atoms with E-state index in [9.17, 15) is 4.79 Å². The first-order chi connectivity index (χ1) is 8.64. The van der Waals surface area contributed by atoms with Gasteiger partial charge in [0.05, 0.1) is 6.61 Å². The van der Waals surface area contributed by atoms with Gasteiger partial charge in [0.25, 0.3) is 0 Å². The van der Waals surface area contributed by atoms with E-state index in [-0.39, 0.29) is 11.8 Å². The molecule has 4 nitrogen and oxygen atoms in total. The smallest absolute Gasteiger partial charge is 0.223 e. The minimum absolute atomic E-state index is 0.241. The van der Waals surface area contributed by atoms with Gasteiger partial charge in [-0.25, -0.2) is 0 Å². The number of hydrogen-bond acceptors (Lipinski definition) is 3. The summed E-state index contributed by atoms with van der Waals surface area (Å²) in [5.41, 5.74) is 0.341. The Labute approximate surface area is 110 Å². The van der Waals surface area contributed by atoms with Gasteiger partial charge in [0.2, 0.25) is 5.91 Å². The zero-order chi connectivity index (χ0) is 13.0. The zero-order valence-electron chi connectivity index (χ0n) is 11.6. The molecule has 1 spiro atoms. The van der Waals surface area contributed by atoms with Crippen LogP contribution in [0.25, 0.3) is 0 Å². The fourth-order valence-electron chi connectivity index (χ4n) is 2.88. The highest BCUT2D eigenvalue weighted by Gasteiger charge is 2.57. The number of ether oxygens (including phenoxy) is 1. The molecule has 0 aromatic carbocycles. The Hall–Kier alpha value is -0.610. The Morgan fingerprint density at radius 1 is 1.44 bits per heavy atom. The first kappa shape index (κ1) is 13.8. The molecule has 1 unspecified atom stereocenters. The normalized spacial score (nSPS) is 25.4. The predicted molar refractivity (Wildman–Crippen MR) is 71.3 cm³/mol. The van der Waals surface area contributed by atoms with Gasteiger partial charge < -0.3 is 15.4 Å². The lowest BCUT2D eigenvalue weighted by Crippen LogP contribution is -2.34. The molecule has 1 atom stereocenters. The van der Waals surface area contributed by atoms with Crippen LogP contribution >= 0.6 is 0 Å². The van der Waals surface area contributed by atoms with E-state index in [4.69, 9.17) is 4.74 Å². The van der Waals surface area contributed by atoms with Crippen molar-refractivity contribution in [3.8, 4) is 0 Å². The van der Waals surface area contributed by atoms with Crippen molar-refractivity contribution in [3.63, 3.8) is 0 Å². The molecule has 2 aliphatic rings. The SMILES string of the molecule is CC(C)COCCNC(=O)C1CC12CCNCC2. The molecule has 18 heavy (non-hydrogen) atoms. The van der Waals surface area contributed by atoms with Crippen LogP contribution in [0.1, 0.15) is 33.1 Å². The van der Waals surface area contributed by atoms with Gasteiger partial charge >= 0.3 is 0 Å². The Morgan fingerprint density at radius 2 is 2.17 bits per heavy atom. The summed E-state index contributed by atoms with van der Waals surface area (Å²) in [4.78, 5) is 12.0. The summed E-state index contributed by atoms with van der Waals surface area (Å²) in [5.74, 6) is 1.07. The summed E-state index contributed by atoms with van der Waals surface area (Å²) in [6.07, 6.45) is 3.41. The van der Waals surface area contributed by atoms with Gasteiger partial charge in [-0.05, 0) is 43.7 Å². The van der Waals surface area contributed by atoms with Gasteiger partial charge in [-0.1, -0.05) is 13.8 Å². The molecule has 104 valence electrons. The molecule has 0 bridgehead atoms. The van der Waals surface area contributed by atoms with Crippen molar-refractivity contribution in [3.05, 3.63) is 0 Å². The average Bonchev–Trinajstić information content (AvgIpc) is 3.03. The predicted octanol–water partition coefficient (Wildman–Crippen LogP) is 1.16. The first-order valence-corrected chi connectivity index (χ1v) is 7.20. The van der Waals surface area contributed by atoms with Crippen LogP contribution in [0.15, 0.2) is 0 Å². The maximum absolute atomic E-state index is 12.0. The molecule has 4 heteroatoms. The maximum Gasteiger partial charge on any atom is 0.223 e. The average molecular weight is 254 g/mol. The van der Waals surface area contributed by atoms with E-state index in [1.807, 2.05) is 0 Å². The van der Waals surface area contributed by atoms with Gasteiger partial charge in [0, 0.05) is 19.1 Å². The van der Waals surface area contributed by atoms with Crippen molar-refractivity contribution in [1.82, 2.24) is 10.6 Å². The fourth-order valence-corrected chi connectivity index (χ4v) is 2.88. The highest BCUT2D eigenvalue weighted by Crippen LogP contribution is 2.58. The third-order valence-corrected chi connectivity index (χ3v) is 4.10. The molecule has 1 saturated carbocycles. The van der Waals surface area contributed by atoms with Crippen LogP contribution < -0.4 is 10.6 Å². The molecule has 2 rings (SSSR count). The molecule has 1 aliphatic heterocycles. The molecule has 1 amide bonds. The number of hydrogen-bond donors (Lipinski definition) is 2. The molecule has 0 aromatic rings. The Balaban J connectivity index is 1.59. The van der Waals surface area contributed by atoms with Gasteiger partial charge in [-0.3, -0.25) is 4.79 Å². The molecule has 0 radical (unpaired) electrons. The molecule has 0 aromatic heterocycles. The molecule has 1 aliphatic carbocycles. The first-order valence-electron chi connectivity index (χ1n) is 7.20. The van der Waals surface area contributed by atoms with E-state index < -0.39 is 0 Å². The monoisotopic (exact) mass is 254 g/mol. The third kappa shape index (κ3) is 3.45. The second-order valence-electron chi connectivity index (χ2n) is 6.13. The largest absolute Gasteiger partial charge is 0.379 e. The van der Waals surface area contributed by atoms with E-state index in [0.29, 0.717) is 24.5 Å². The van der Waals surface area contributed by atoms with Crippen LogP contribution in [0.2, 0.25) is 0 Å². The lowest BCUT2D eigenvalue weighted by Gasteiger charge is -2.23. The van der Waals surface area contributed by atoms with Crippen LogP contribution in [-0.2, 0) is 9.53 Å². The van der Waals surface area contributed by atoms with Gasteiger partial charge in [-0.2, -0.15) is 0 Å². The summed E-state index contributed by atoms with van der Waals surface area (Å²) in [7, 11) is 0. The van der Waals surface area contributed by atoms with Crippen LogP contribution in [0, 0.1) is 17.3 Å². The molecule has 2 N–H and O–H groups in total. The Bertz CT molecular complexity index is 286. The van der Waals surface area contributed by atoms with E-state index in [1.165, 1.54) is 0 Å². The lowest BCUT2D eigenvalue weighted by molar-refractivity contribution is -0.123. The molecular weight excluding hydrogens is 228 g/mol.